The molecule has 2 heterocycles. The van der Waals surface area contributed by atoms with Gasteiger partial charge in [-0.3, -0.25) is 14.5 Å². The molecule has 0 aromatic heterocycles. The van der Waals surface area contributed by atoms with E-state index in [4.69, 9.17) is 4.74 Å². The molecule has 1 saturated carbocycles. The van der Waals surface area contributed by atoms with Crippen LogP contribution < -0.4 is 4.74 Å². The summed E-state index contributed by atoms with van der Waals surface area (Å²) < 4.78 is 5.28. The first-order valence-corrected chi connectivity index (χ1v) is 12.2. The summed E-state index contributed by atoms with van der Waals surface area (Å²) in [7, 11) is 1.66. The fourth-order valence-electron chi connectivity index (χ4n) is 5.31. The third-order valence-electron chi connectivity index (χ3n) is 7.61. The van der Waals surface area contributed by atoms with E-state index in [-0.39, 0.29) is 17.7 Å². The number of allylic oxidation sites excluding steroid dienone is 1. The average molecular weight is 460 g/mol. The van der Waals surface area contributed by atoms with E-state index in [0.29, 0.717) is 5.57 Å². The lowest BCUT2D eigenvalue weighted by Crippen LogP contribution is -2.67. The van der Waals surface area contributed by atoms with E-state index in [1.54, 1.807) is 7.11 Å². The van der Waals surface area contributed by atoms with E-state index in [1.807, 2.05) is 54.9 Å². The average Bonchev–Trinajstić information content (AvgIpc) is 3.58. The maximum absolute atomic E-state index is 13.7. The summed E-state index contributed by atoms with van der Waals surface area (Å²) in [6.07, 6.45) is 3.95. The normalized spacial score (nSPS) is 23.6. The summed E-state index contributed by atoms with van der Waals surface area (Å²) in [6.45, 7) is 7.44. The van der Waals surface area contributed by atoms with Gasteiger partial charge in [0.25, 0.3) is 5.91 Å². The highest BCUT2D eigenvalue weighted by Crippen LogP contribution is 2.46. The molecule has 3 aliphatic rings. The molecule has 5 rings (SSSR count). The predicted octanol–water partition coefficient (Wildman–Crippen LogP) is 4.92. The molecule has 1 atom stereocenters. The van der Waals surface area contributed by atoms with E-state index in [9.17, 15) is 9.59 Å². The highest BCUT2D eigenvalue weighted by atomic mass is 16.5. The molecule has 2 amide bonds. The standard InChI is InChI=1S/C28H33N3O3/c1-19-20(2)30(27(33)23-7-8-23)28(3,31(26(19)32)29-17-5-6-18-29)24-13-9-21(10-14-24)22-11-15-25(34-4)16-12-22/h9-16,23H,5-8,17-18H2,1-4H3. The molecule has 2 aliphatic heterocycles. The van der Waals surface area contributed by atoms with Gasteiger partial charge in [-0.25, -0.2) is 10.0 Å². The Bertz CT molecular complexity index is 1130. The number of ether oxygens (including phenoxy) is 1. The minimum atomic E-state index is -0.914. The first-order valence-electron chi connectivity index (χ1n) is 12.2. The predicted molar refractivity (Wildman–Crippen MR) is 131 cm³/mol. The third kappa shape index (κ3) is 3.61. The fraction of sp³-hybridized carbons (Fsp3) is 0.429. The molecule has 1 saturated heterocycles. The molecule has 2 aromatic rings. The Balaban J connectivity index is 1.60. The number of benzene rings is 2. The van der Waals surface area contributed by atoms with Crippen LogP contribution in [0.3, 0.4) is 0 Å². The van der Waals surface area contributed by atoms with Crippen molar-refractivity contribution in [3.05, 3.63) is 65.4 Å². The summed E-state index contributed by atoms with van der Waals surface area (Å²) in [6, 6.07) is 16.3. The second-order valence-electron chi connectivity index (χ2n) is 9.76. The molecule has 6 heteroatoms. The maximum Gasteiger partial charge on any atom is 0.267 e. The lowest BCUT2D eigenvalue weighted by molar-refractivity contribution is -0.190. The summed E-state index contributed by atoms with van der Waals surface area (Å²) >= 11 is 0. The Morgan fingerprint density at radius 1 is 0.941 bits per heavy atom. The largest absolute Gasteiger partial charge is 0.497 e. The SMILES string of the molecule is COc1ccc(-c2ccc(C3(C)N(C(=O)C4CC4)C(C)=C(C)C(=O)N3N3CCCC3)cc2)cc1. The van der Waals surface area contributed by atoms with Gasteiger partial charge < -0.3 is 4.74 Å². The second kappa shape index (κ2) is 8.58. The van der Waals surface area contributed by atoms with Gasteiger partial charge in [0.2, 0.25) is 5.91 Å². The number of hydrogen-bond donors (Lipinski definition) is 0. The van der Waals surface area contributed by atoms with Crippen LogP contribution in [0.4, 0.5) is 0 Å². The number of methoxy groups -OCH3 is 1. The monoisotopic (exact) mass is 459 g/mol. The zero-order valence-corrected chi connectivity index (χ0v) is 20.5. The third-order valence-corrected chi connectivity index (χ3v) is 7.61. The Hall–Kier alpha value is -3.12. The van der Waals surface area contributed by atoms with Gasteiger partial charge in [0, 0.05) is 30.3 Å². The Labute approximate surface area is 201 Å². The zero-order chi connectivity index (χ0) is 24.0. The Kier molecular flexibility index (Phi) is 5.72. The zero-order valence-electron chi connectivity index (χ0n) is 20.5. The van der Waals surface area contributed by atoms with Gasteiger partial charge in [-0.2, -0.15) is 0 Å². The number of rotatable bonds is 5. The highest BCUT2D eigenvalue weighted by molar-refractivity contribution is 5.97. The lowest BCUT2D eigenvalue weighted by atomic mass is 9.91. The van der Waals surface area contributed by atoms with Crippen LogP contribution in [0.1, 0.15) is 52.0 Å². The van der Waals surface area contributed by atoms with Crippen LogP contribution in [0, 0.1) is 5.92 Å². The Morgan fingerprint density at radius 3 is 2.03 bits per heavy atom. The first kappa shape index (κ1) is 22.7. The topological polar surface area (TPSA) is 53.1 Å². The van der Waals surface area contributed by atoms with Gasteiger partial charge in [0.15, 0.2) is 5.66 Å². The van der Waals surface area contributed by atoms with Gasteiger partial charge in [-0.1, -0.05) is 36.4 Å². The number of hydrogen-bond acceptors (Lipinski definition) is 4. The van der Waals surface area contributed by atoms with Crippen LogP contribution >= 0.6 is 0 Å². The molecule has 178 valence electrons. The summed E-state index contributed by atoms with van der Waals surface area (Å²) in [4.78, 5) is 29.2. The molecule has 0 bridgehead atoms. The van der Waals surface area contributed by atoms with Crippen molar-refractivity contribution in [1.82, 2.24) is 14.9 Å². The number of carbonyl (C=O) groups excluding carboxylic acids is 2. The van der Waals surface area contributed by atoms with Crippen molar-refractivity contribution in [2.45, 2.75) is 52.1 Å². The minimum absolute atomic E-state index is 0.0130. The van der Waals surface area contributed by atoms with Crippen molar-refractivity contribution < 1.29 is 14.3 Å². The molecule has 0 N–H and O–H groups in total. The maximum atomic E-state index is 13.7. The van der Waals surface area contributed by atoms with Crippen molar-refractivity contribution >= 4 is 11.8 Å². The molecular formula is C28H33N3O3. The van der Waals surface area contributed by atoms with Crippen LogP contribution in [0.25, 0.3) is 11.1 Å². The molecule has 34 heavy (non-hydrogen) atoms. The molecule has 1 aliphatic carbocycles. The van der Waals surface area contributed by atoms with Crippen molar-refractivity contribution in [3.8, 4) is 16.9 Å². The quantitative estimate of drug-likeness (QED) is 0.637. The van der Waals surface area contributed by atoms with Gasteiger partial charge >= 0.3 is 0 Å². The minimum Gasteiger partial charge on any atom is -0.497 e. The molecule has 2 aromatic carbocycles. The van der Waals surface area contributed by atoms with Crippen LogP contribution in [0.15, 0.2) is 59.8 Å². The van der Waals surface area contributed by atoms with Crippen LogP contribution in [0.2, 0.25) is 0 Å². The fourth-order valence-corrected chi connectivity index (χ4v) is 5.31. The van der Waals surface area contributed by atoms with Crippen LogP contribution in [0.5, 0.6) is 5.75 Å². The highest BCUT2D eigenvalue weighted by Gasteiger charge is 2.54. The first-order chi connectivity index (χ1) is 16.4. The van der Waals surface area contributed by atoms with E-state index in [0.717, 1.165) is 66.9 Å². The van der Waals surface area contributed by atoms with Crippen molar-refractivity contribution in [1.29, 1.82) is 0 Å². The summed E-state index contributed by atoms with van der Waals surface area (Å²) in [5, 5.41) is 4.01. The number of nitrogens with zero attached hydrogens (tertiary/aromatic N) is 3. The van der Waals surface area contributed by atoms with Crippen molar-refractivity contribution in [2.24, 2.45) is 5.92 Å². The van der Waals surface area contributed by atoms with Gasteiger partial charge in [0.1, 0.15) is 5.75 Å². The lowest BCUT2D eigenvalue weighted by Gasteiger charge is -2.55. The molecule has 0 radical (unpaired) electrons. The van der Waals surface area contributed by atoms with Crippen molar-refractivity contribution in [2.75, 3.05) is 20.2 Å². The number of carbonyl (C=O) groups is 2. The number of amides is 2. The van der Waals surface area contributed by atoms with E-state index < -0.39 is 5.66 Å². The van der Waals surface area contributed by atoms with E-state index in [2.05, 4.69) is 29.3 Å². The van der Waals surface area contributed by atoms with E-state index >= 15 is 0 Å². The summed E-state index contributed by atoms with van der Waals surface area (Å²) in [5.74, 6) is 0.979. The second-order valence-corrected chi connectivity index (χ2v) is 9.76. The molecule has 1 unspecified atom stereocenters. The van der Waals surface area contributed by atoms with Crippen LogP contribution in [-0.2, 0) is 15.3 Å². The van der Waals surface area contributed by atoms with Crippen molar-refractivity contribution in [3.63, 3.8) is 0 Å². The van der Waals surface area contributed by atoms with Gasteiger partial charge in [0.05, 0.1) is 7.11 Å². The van der Waals surface area contributed by atoms with Gasteiger partial charge in [-0.15, -0.1) is 0 Å². The smallest absolute Gasteiger partial charge is 0.267 e. The summed E-state index contributed by atoms with van der Waals surface area (Å²) in [5.41, 5.74) is 3.60. The molecule has 0 spiro atoms. The van der Waals surface area contributed by atoms with Gasteiger partial charge in [-0.05, 0) is 75.3 Å². The molecule has 2 fully saturated rings. The Morgan fingerprint density at radius 2 is 1.50 bits per heavy atom. The van der Waals surface area contributed by atoms with Crippen LogP contribution in [-0.4, -0.2) is 46.9 Å². The molecule has 6 nitrogen and oxygen atoms in total. The van der Waals surface area contributed by atoms with E-state index in [1.165, 1.54) is 0 Å². The number of hydrazine groups is 1. The molecular weight excluding hydrogens is 426 g/mol.